The van der Waals surface area contributed by atoms with Gasteiger partial charge in [0.25, 0.3) is 0 Å². The van der Waals surface area contributed by atoms with Gasteiger partial charge in [-0.05, 0) is 28.3 Å². The van der Waals surface area contributed by atoms with Crippen molar-refractivity contribution in [3.8, 4) is 16.9 Å². The Balaban J connectivity index is 2.33. The van der Waals surface area contributed by atoms with Crippen LogP contribution in [0.2, 0.25) is 0 Å². The number of rotatable bonds is 2. The van der Waals surface area contributed by atoms with E-state index in [1.165, 1.54) is 5.56 Å². The smallest absolute Gasteiger partial charge is 0.492 e. The van der Waals surface area contributed by atoms with Crippen LogP contribution in [0.15, 0.2) is 36.4 Å². The summed E-state index contributed by atoms with van der Waals surface area (Å²) in [5.74, 6) is 0.514. The molecule has 0 radical (unpaired) electrons. The van der Waals surface area contributed by atoms with Crippen molar-refractivity contribution in [2.45, 2.75) is 19.3 Å². The van der Waals surface area contributed by atoms with Gasteiger partial charge >= 0.3 is 7.12 Å². The van der Waals surface area contributed by atoms with Crippen LogP contribution >= 0.6 is 0 Å². The maximum Gasteiger partial charge on any atom is 0.492 e. The van der Waals surface area contributed by atoms with Crippen molar-refractivity contribution < 1.29 is 14.8 Å². The van der Waals surface area contributed by atoms with Gasteiger partial charge in [0.05, 0.1) is 7.11 Å². The van der Waals surface area contributed by atoms with E-state index in [1.54, 1.807) is 7.11 Å². The van der Waals surface area contributed by atoms with Crippen molar-refractivity contribution in [1.82, 2.24) is 0 Å². The zero-order valence-electron chi connectivity index (χ0n) is 11.8. The lowest BCUT2D eigenvalue weighted by molar-refractivity contribution is 0.402. The summed E-state index contributed by atoms with van der Waals surface area (Å²) in [6.45, 7) is 4.35. The van der Waals surface area contributed by atoms with Gasteiger partial charge in [-0.1, -0.05) is 44.2 Å². The van der Waals surface area contributed by atoms with Crippen LogP contribution < -0.4 is 10.2 Å². The number of hydrogen-bond acceptors (Lipinski definition) is 3. The van der Waals surface area contributed by atoms with Gasteiger partial charge in [-0.2, -0.15) is 0 Å². The second kappa shape index (κ2) is 4.37. The first-order valence-corrected chi connectivity index (χ1v) is 6.65. The molecule has 20 heavy (non-hydrogen) atoms. The molecule has 2 aromatic carbocycles. The highest BCUT2D eigenvalue weighted by atomic mass is 16.5. The van der Waals surface area contributed by atoms with Gasteiger partial charge in [-0.15, -0.1) is 0 Å². The van der Waals surface area contributed by atoms with Gasteiger partial charge < -0.3 is 14.8 Å². The van der Waals surface area contributed by atoms with E-state index in [9.17, 15) is 10.0 Å². The molecular weight excluding hydrogens is 251 g/mol. The van der Waals surface area contributed by atoms with Crippen LogP contribution in [0.1, 0.15) is 25.0 Å². The van der Waals surface area contributed by atoms with Gasteiger partial charge in [0, 0.05) is 10.9 Å². The lowest BCUT2D eigenvalue weighted by Crippen LogP contribution is -2.31. The van der Waals surface area contributed by atoms with Crippen LogP contribution in [0.3, 0.4) is 0 Å². The third-order valence-corrected chi connectivity index (χ3v) is 4.21. The summed E-state index contributed by atoms with van der Waals surface area (Å²) in [4.78, 5) is 0. The molecule has 0 heterocycles. The van der Waals surface area contributed by atoms with Crippen molar-refractivity contribution >= 4 is 12.6 Å². The average molecular weight is 268 g/mol. The van der Waals surface area contributed by atoms with Gasteiger partial charge in [-0.25, -0.2) is 0 Å². The van der Waals surface area contributed by atoms with E-state index in [-0.39, 0.29) is 5.41 Å². The van der Waals surface area contributed by atoms with Crippen molar-refractivity contribution in [1.29, 1.82) is 0 Å². The molecule has 2 aromatic rings. The number of fused-ring (bicyclic) bond motifs is 3. The zero-order chi connectivity index (χ0) is 14.5. The molecule has 0 unspecified atom stereocenters. The van der Waals surface area contributed by atoms with Crippen molar-refractivity contribution in [2.24, 2.45) is 0 Å². The summed E-state index contributed by atoms with van der Waals surface area (Å²) in [5.41, 5.74) is 4.89. The molecule has 1 aliphatic carbocycles. The van der Waals surface area contributed by atoms with Crippen LogP contribution in [0.25, 0.3) is 11.1 Å². The van der Waals surface area contributed by atoms with Crippen LogP contribution in [-0.4, -0.2) is 24.3 Å². The summed E-state index contributed by atoms with van der Waals surface area (Å²) in [6.07, 6.45) is 0. The minimum absolute atomic E-state index is 0.113. The van der Waals surface area contributed by atoms with Crippen molar-refractivity contribution in [3.63, 3.8) is 0 Å². The number of ether oxygens (including phenoxy) is 1. The Morgan fingerprint density at radius 2 is 1.70 bits per heavy atom. The molecular formula is C16H17BO3. The lowest BCUT2D eigenvalue weighted by Gasteiger charge is -2.22. The molecule has 0 saturated carbocycles. The number of methoxy groups -OCH3 is 1. The van der Waals surface area contributed by atoms with E-state index in [0.717, 1.165) is 16.7 Å². The maximum absolute atomic E-state index is 9.52. The molecule has 0 amide bonds. The molecule has 0 saturated heterocycles. The van der Waals surface area contributed by atoms with Crippen LogP contribution in [0, 0.1) is 0 Å². The highest BCUT2D eigenvalue weighted by Gasteiger charge is 2.37. The summed E-state index contributed by atoms with van der Waals surface area (Å²) < 4.78 is 5.30. The average Bonchev–Trinajstić information content (AvgIpc) is 2.66. The monoisotopic (exact) mass is 268 g/mol. The molecule has 1 aliphatic rings. The normalized spacial score (nSPS) is 14.7. The molecule has 0 aliphatic heterocycles. The van der Waals surface area contributed by atoms with E-state index in [4.69, 9.17) is 4.74 Å². The molecule has 4 heteroatoms. The van der Waals surface area contributed by atoms with Crippen molar-refractivity contribution in [2.75, 3.05) is 7.11 Å². The largest absolute Gasteiger partial charge is 0.497 e. The molecule has 102 valence electrons. The fraction of sp³-hybridized carbons (Fsp3) is 0.250. The third kappa shape index (κ3) is 1.69. The highest BCUT2D eigenvalue weighted by molar-refractivity contribution is 6.60. The predicted octanol–water partition coefficient (Wildman–Crippen LogP) is 1.68. The fourth-order valence-electron chi connectivity index (χ4n) is 3.12. The van der Waals surface area contributed by atoms with Gasteiger partial charge in [0.15, 0.2) is 0 Å². The molecule has 0 bridgehead atoms. The second-order valence-corrected chi connectivity index (χ2v) is 5.68. The van der Waals surface area contributed by atoms with E-state index >= 15 is 0 Å². The summed E-state index contributed by atoms with van der Waals surface area (Å²) in [7, 11) is 0.00835. The number of hydrogen-bond donors (Lipinski definition) is 2. The molecule has 3 rings (SSSR count). The van der Waals surface area contributed by atoms with Gasteiger partial charge in [0.2, 0.25) is 0 Å². The van der Waals surface area contributed by atoms with Crippen LogP contribution in [0.4, 0.5) is 0 Å². The first-order valence-electron chi connectivity index (χ1n) is 6.65. The first kappa shape index (κ1) is 13.2. The summed E-state index contributed by atoms with van der Waals surface area (Å²) in [6, 6.07) is 12.0. The molecule has 3 nitrogen and oxygen atoms in total. The third-order valence-electron chi connectivity index (χ3n) is 4.21. The maximum atomic E-state index is 9.52. The topological polar surface area (TPSA) is 49.7 Å². The number of benzene rings is 2. The molecule has 0 fully saturated rings. The Hall–Kier alpha value is -1.78. The zero-order valence-corrected chi connectivity index (χ0v) is 11.8. The van der Waals surface area contributed by atoms with Crippen LogP contribution in [-0.2, 0) is 5.41 Å². The minimum Gasteiger partial charge on any atom is -0.497 e. The Kier molecular flexibility index (Phi) is 2.89. The Bertz CT molecular complexity index is 677. The highest BCUT2D eigenvalue weighted by Crippen LogP contribution is 2.48. The summed E-state index contributed by atoms with van der Waals surface area (Å²) in [5, 5.41) is 19.0. The summed E-state index contributed by atoms with van der Waals surface area (Å²) >= 11 is 0. The van der Waals surface area contributed by atoms with E-state index < -0.39 is 7.12 Å². The Morgan fingerprint density at radius 3 is 2.35 bits per heavy atom. The molecule has 0 atom stereocenters. The quantitative estimate of drug-likeness (QED) is 0.815. The van der Waals surface area contributed by atoms with E-state index in [1.807, 2.05) is 24.3 Å². The SMILES string of the molecule is COc1cc2c(cc1B(O)O)-c1ccccc1C2(C)C. The Morgan fingerprint density at radius 1 is 1.00 bits per heavy atom. The lowest BCUT2D eigenvalue weighted by atomic mass is 9.76. The Labute approximate surface area is 119 Å². The minimum atomic E-state index is -1.54. The van der Waals surface area contributed by atoms with Crippen LogP contribution in [0.5, 0.6) is 5.75 Å². The second-order valence-electron chi connectivity index (χ2n) is 5.68. The molecule has 0 aromatic heterocycles. The molecule has 0 spiro atoms. The van der Waals surface area contributed by atoms with Gasteiger partial charge in [-0.3, -0.25) is 0 Å². The standard InChI is InChI=1S/C16H17BO3/c1-16(2)12-7-5-4-6-10(12)11-8-14(17(18)19)15(20-3)9-13(11)16/h4-9,18-19H,1-3H3. The van der Waals surface area contributed by atoms with E-state index in [0.29, 0.717) is 11.2 Å². The predicted molar refractivity (Wildman–Crippen MR) is 80.4 cm³/mol. The first-order chi connectivity index (χ1) is 9.46. The molecule has 2 N–H and O–H groups in total. The fourth-order valence-corrected chi connectivity index (χ4v) is 3.12. The van der Waals surface area contributed by atoms with Crippen molar-refractivity contribution in [3.05, 3.63) is 47.5 Å². The van der Waals surface area contributed by atoms with E-state index in [2.05, 4.69) is 26.0 Å². The van der Waals surface area contributed by atoms with Gasteiger partial charge in [0.1, 0.15) is 5.75 Å².